The fourth-order valence-electron chi connectivity index (χ4n) is 3.41. The predicted octanol–water partition coefficient (Wildman–Crippen LogP) is 7.75. The molecule has 11 heteroatoms. The first-order valence-electron chi connectivity index (χ1n) is 10.7. The van der Waals surface area contributed by atoms with E-state index in [1.807, 2.05) is 6.07 Å². The fourth-order valence-corrected chi connectivity index (χ4v) is 4.49. The molecule has 0 bridgehead atoms. The number of carbonyl (C=O) groups is 1. The number of benzene rings is 2. The highest BCUT2D eigenvalue weighted by atomic mass is 79.9. The van der Waals surface area contributed by atoms with Gasteiger partial charge in [0.15, 0.2) is 10.7 Å². The van der Waals surface area contributed by atoms with Crippen molar-refractivity contribution in [3.05, 3.63) is 93.3 Å². The summed E-state index contributed by atoms with van der Waals surface area (Å²) in [6, 6.07) is 15.8. The Morgan fingerprint density at radius 1 is 1.03 bits per heavy atom. The van der Waals surface area contributed by atoms with Crippen molar-refractivity contribution in [2.24, 2.45) is 0 Å². The van der Waals surface area contributed by atoms with Crippen LogP contribution in [0.1, 0.15) is 5.76 Å². The number of nitrogens with one attached hydrogen (secondary N) is 2. The van der Waals surface area contributed by atoms with Crippen molar-refractivity contribution in [3.8, 4) is 22.8 Å². The van der Waals surface area contributed by atoms with Crippen LogP contribution >= 0.6 is 51.3 Å². The summed E-state index contributed by atoms with van der Waals surface area (Å²) in [6.45, 7) is 0. The maximum Gasteiger partial charge on any atom is 0.250 e. The second kappa shape index (κ2) is 10.9. The molecule has 0 atom stereocenters. The van der Waals surface area contributed by atoms with Crippen LogP contribution in [0.3, 0.4) is 0 Å². The lowest BCUT2D eigenvalue weighted by atomic mass is 10.2. The molecule has 37 heavy (non-hydrogen) atoms. The minimum atomic E-state index is -0.424. The van der Waals surface area contributed by atoms with Gasteiger partial charge in [0, 0.05) is 39.2 Å². The maximum atomic E-state index is 12.3. The van der Waals surface area contributed by atoms with E-state index < -0.39 is 5.91 Å². The van der Waals surface area contributed by atoms with Gasteiger partial charge in [0.25, 0.3) is 0 Å². The Morgan fingerprint density at radius 2 is 1.89 bits per heavy atom. The molecule has 0 fully saturated rings. The van der Waals surface area contributed by atoms with Crippen LogP contribution in [-0.2, 0) is 4.79 Å². The number of anilines is 1. The van der Waals surface area contributed by atoms with Gasteiger partial charge in [-0.2, -0.15) is 0 Å². The van der Waals surface area contributed by atoms with Gasteiger partial charge in [-0.15, -0.1) is 0 Å². The highest BCUT2D eigenvalue weighted by Crippen LogP contribution is 2.32. The van der Waals surface area contributed by atoms with Crippen LogP contribution < -0.4 is 10.6 Å². The number of hydrogen-bond donors (Lipinski definition) is 2. The third-order valence-corrected chi connectivity index (χ3v) is 6.24. The third-order valence-electron chi connectivity index (χ3n) is 5.06. The monoisotopic (exact) mass is 612 g/mol. The van der Waals surface area contributed by atoms with Crippen molar-refractivity contribution in [3.63, 3.8) is 0 Å². The van der Waals surface area contributed by atoms with E-state index in [4.69, 9.17) is 44.3 Å². The Balaban J connectivity index is 1.21. The van der Waals surface area contributed by atoms with E-state index in [0.29, 0.717) is 49.8 Å². The van der Waals surface area contributed by atoms with Crippen molar-refractivity contribution >= 4 is 85.2 Å². The molecule has 0 saturated heterocycles. The quantitative estimate of drug-likeness (QED) is 0.155. The molecule has 0 unspecified atom stereocenters. The summed E-state index contributed by atoms with van der Waals surface area (Å²) in [4.78, 5) is 21.0. The van der Waals surface area contributed by atoms with Crippen LogP contribution in [0.2, 0.25) is 10.0 Å². The Hall–Kier alpha value is -3.50. The van der Waals surface area contributed by atoms with E-state index in [-0.39, 0.29) is 5.11 Å². The second-order valence-electron chi connectivity index (χ2n) is 7.70. The molecular weight excluding hydrogens is 599 g/mol. The molecule has 184 valence electrons. The summed E-state index contributed by atoms with van der Waals surface area (Å²) in [5, 5.41) is 6.70. The van der Waals surface area contributed by atoms with Gasteiger partial charge in [0.2, 0.25) is 11.8 Å². The van der Waals surface area contributed by atoms with Crippen LogP contribution in [0.25, 0.3) is 40.0 Å². The van der Waals surface area contributed by atoms with E-state index in [2.05, 4.69) is 36.5 Å². The van der Waals surface area contributed by atoms with Gasteiger partial charge in [0.1, 0.15) is 17.0 Å². The zero-order chi connectivity index (χ0) is 25.9. The van der Waals surface area contributed by atoms with Gasteiger partial charge in [-0.1, -0.05) is 23.2 Å². The summed E-state index contributed by atoms with van der Waals surface area (Å²) >= 11 is 20.8. The molecule has 5 aromatic rings. The van der Waals surface area contributed by atoms with Gasteiger partial charge in [-0.25, -0.2) is 4.98 Å². The zero-order valence-electron chi connectivity index (χ0n) is 18.7. The smallest absolute Gasteiger partial charge is 0.250 e. The van der Waals surface area contributed by atoms with Crippen LogP contribution in [0.4, 0.5) is 5.69 Å². The van der Waals surface area contributed by atoms with Crippen molar-refractivity contribution in [1.82, 2.24) is 15.3 Å². The lowest BCUT2D eigenvalue weighted by Crippen LogP contribution is -2.32. The molecule has 0 aliphatic rings. The summed E-state index contributed by atoms with van der Waals surface area (Å²) in [5.41, 5.74) is 3.32. The number of carbonyl (C=O) groups excluding carboxylic acids is 1. The van der Waals surface area contributed by atoms with Gasteiger partial charge in [0.05, 0.1) is 10.6 Å². The number of amides is 1. The van der Waals surface area contributed by atoms with Crippen molar-refractivity contribution in [1.29, 1.82) is 0 Å². The minimum absolute atomic E-state index is 0.127. The normalized spacial score (nSPS) is 11.2. The average molecular weight is 614 g/mol. The molecular formula is C26H15BrCl2N4O3S. The highest BCUT2D eigenvalue weighted by Gasteiger charge is 2.11. The third kappa shape index (κ3) is 6.08. The Bertz CT molecular complexity index is 1680. The second-order valence-corrected chi connectivity index (χ2v) is 9.86. The highest BCUT2D eigenvalue weighted by molar-refractivity contribution is 9.10. The number of nitrogens with zero attached hydrogens (tertiary/aromatic N) is 2. The van der Waals surface area contributed by atoms with Crippen LogP contribution in [-0.4, -0.2) is 21.0 Å². The van der Waals surface area contributed by atoms with Crippen LogP contribution in [0.15, 0.2) is 86.4 Å². The number of halogens is 3. The minimum Gasteiger partial charge on any atom is -0.457 e. The van der Waals surface area contributed by atoms with E-state index >= 15 is 0 Å². The number of aromatic nitrogens is 2. The number of furan rings is 1. The molecule has 0 aliphatic heterocycles. The summed E-state index contributed by atoms with van der Waals surface area (Å²) in [6.07, 6.45) is 6.20. The average Bonchev–Trinajstić information content (AvgIpc) is 3.49. The Labute approximate surface area is 234 Å². The van der Waals surface area contributed by atoms with Crippen LogP contribution in [0.5, 0.6) is 0 Å². The van der Waals surface area contributed by atoms with E-state index in [9.17, 15) is 4.79 Å². The molecule has 0 saturated carbocycles. The summed E-state index contributed by atoms with van der Waals surface area (Å²) < 4.78 is 12.4. The van der Waals surface area contributed by atoms with Crippen molar-refractivity contribution < 1.29 is 13.6 Å². The number of hydrogen-bond acceptors (Lipinski definition) is 6. The molecule has 3 heterocycles. The first-order chi connectivity index (χ1) is 17.8. The number of pyridine rings is 1. The molecule has 1 amide bonds. The predicted molar refractivity (Wildman–Crippen MR) is 153 cm³/mol. The molecule has 3 aromatic heterocycles. The topological polar surface area (TPSA) is 93.2 Å². The zero-order valence-corrected chi connectivity index (χ0v) is 22.6. The standard InChI is InChI=1S/C26H15BrCl2N4O3S/c27-15-9-14(12-30-13-15)25-32-21-11-17(2-6-23(21)36-25)31-26(37)33-24(34)8-4-18-3-7-22(35-18)19-5-1-16(28)10-20(19)29/h1-13H,(H2,31,33,34,37)/b8-4+. The molecule has 0 radical (unpaired) electrons. The Morgan fingerprint density at radius 3 is 2.70 bits per heavy atom. The number of oxazole rings is 1. The SMILES string of the molecule is O=C(/C=C/c1ccc(-c2ccc(Cl)cc2Cl)o1)NC(=S)Nc1ccc2oc(-c3cncc(Br)c3)nc2c1. The van der Waals surface area contributed by atoms with Crippen molar-refractivity contribution in [2.45, 2.75) is 0 Å². The lowest BCUT2D eigenvalue weighted by molar-refractivity contribution is -0.115. The van der Waals surface area contributed by atoms with Gasteiger partial charge >= 0.3 is 0 Å². The lowest BCUT2D eigenvalue weighted by Gasteiger charge is -2.07. The molecule has 7 nitrogen and oxygen atoms in total. The number of thiocarbonyl (C=S) groups is 1. The molecule has 0 aliphatic carbocycles. The van der Waals surface area contributed by atoms with Gasteiger partial charge in [-0.3, -0.25) is 15.1 Å². The Kier molecular flexibility index (Phi) is 7.38. The molecule has 5 rings (SSSR count). The van der Waals surface area contributed by atoms with Crippen molar-refractivity contribution in [2.75, 3.05) is 5.32 Å². The van der Waals surface area contributed by atoms with Gasteiger partial charge < -0.3 is 14.2 Å². The first kappa shape index (κ1) is 25.2. The number of fused-ring (bicyclic) bond motifs is 1. The van der Waals surface area contributed by atoms with E-state index in [0.717, 1.165) is 10.0 Å². The fraction of sp³-hybridized carbons (Fsp3) is 0. The largest absolute Gasteiger partial charge is 0.457 e. The molecule has 2 aromatic carbocycles. The van der Waals surface area contributed by atoms with Gasteiger partial charge in [-0.05, 0) is 88.8 Å². The number of rotatable bonds is 5. The van der Waals surface area contributed by atoms with E-state index in [1.54, 1.807) is 60.9 Å². The summed E-state index contributed by atoms with van der Waals surface area (Å²) in [5.74, 6) is 1.05. The maximum absolute atomic E-state index is 12.3. The summed E-state index contributed by atoms with van der Waals surface area (Å²) in [7, 11) is 0. The molecule has 2 N–H and O–H groups in total. The molecule has 0 spiro atoms. The van der Waals surface area contributed by atoms with E-state index in [1.165, 1.54) is 12.2 Å². The first-order valence-corrected chi connectivity index (χ1v) is 12.7. The van der Waals surface area contributed by atoms with Crippen LogP contribution in [0, 0.1) is 0 Å².